The molecule has 3 unspecified atom stereocenters. The summed E-state index contributed by atoms with van der Waals surface area (Å²) in [5.74, 6) is -0.972. The van der Waals surface area contributed by atoms with Crippen LogP contribution in [-0.2, 0) is 14.3 Å². The molecule has 2 aliphatic heterocycles. The van der Waals surface area contributed by atoms with Crippen molar-refractivity contribution in [1.82, 2.24) is 5.32 Å². The van der Waals surface area contributed by atoms with E-state index in [-0.39, 0.29) is 31.2 Å². The molecule has 0 spiro atoms. The molecule has 2 saturated heterocycles. The van der Waals surface area contributed by atoms with Crippen LogP contribution in [0.5, 0.6) is 0 Å². The van der Waals surface area contributed by atoms with E-state index >= 15 is 0 Å². The minimum atomic E-state index is -0.942. The van der Waals surface area contributed by atoms with Crippen LogP contribution in [0.3, 0.4) is 0 Å². The quantitative estimate of drug-likeness (QED) is 0.780. The summed E-state index contributed by atoms with van der Waals surface area (Å²) < 4.78 is 11.6. The van der Waals surface area contributed by atoms with Crippen LogP contribution in [0, 0.1) is 0 Å². The molecule has 6 heteroatoms. The van der Waals surface area contributed by atoms with Gasteiger partial charge in [-0.15, -0.1) is 0 Å². The van der Waals surface area contributed by atoms with Crippen molar-refractivity contribution >= 4 is 12.1 Å². The Bertz CT molecular complexity index is 944. The van der Waals surface area contributed by atoms with E-state index < -0.39 is 17.6 Å². The molecular formula is C24H25NO5. The number of aliphatic carboxylic acids is 1. The van der Waals surface area contributed by atoms with Gasteiger partial charge >= 0.3 is 12.1 Å². The second kappa shape index (κ2) is 7.43. The number of hydrogen-bond donors (Lipinski definition) is 2. The van der Waals surface area contributed by atoms with E-state index in [0.717, 1.165) is 30.4 Å². The van der Waals surface area contributed by atoms with E-state index in [1.54, 1.807) is 0 Å². The van der Waals surface area contributed by atoms with Gasteiger partial charge in [0.25, 0.3) is 0 Å². The maximum atomic E-state index is 12.8. The lowest BCUT2D eigenvalue weighted by Gasteiger charge is -2.41. The number of nitrogens with one attached hydrogen (secondary N) is 1. The highest BCUT2D eigenvalue weighted by Crippen LogP contribution is 2.45. The third kappa shape index (κ3) is 3.25. The molecule has 5 rings (SSSR count). The smallest absolute Gasteiger partial charge is 0.407 e. The summed E-state index contributed by atoms with van der Waals surface area (Å²) in [5, 5.41) is 12.3. The van der Waals surface area contributed by atoms with E-state index in [1.807, 2.05) is 24.3 Å². The SMILES string of the molecule is O=C(O)CC1(NC(=O)OCC2c3ccccc3-c3ccccc32)CCC2CCC1O2. The number of carbonyl (C=O) groups excluding carboxylic acids is 1. The van der Waals surface area contributed by atoms with E-state index in [4.69, 9.17) is 9.47 Å². The first-order chi connectivity index (χ1) is 14.6. The van der Waals surface area contributed by atoms with Crippen molar-refractivity contribution in [3.05, 3.63) is 59.7 Å². The van der Waals surface area contributed by atoms with Crippen molar-refractivity contribution in [3.63, 3.8) is 0 Å². The standard InChI is InChI=1S/C24H25NO5/c26-22(27)13-24(12-11-15-9-10-21(24)30-15)25-23(28)29-14-20-18-7-3-1-5-16(18)17-6-2-4-8-19(17)20/h1-8,15,20-21H,9-14H2,(H,25,28)(H,26,27). The van der Waals surface area contributed by atoms with Gasteiger partial charge in [-0.2, -0.15) is 0 Å². The minimum absolute atomic E-state index is 0.0305. The van der Waals surface area contributed by atoms with Crippen molar-refractivity contribution in [1.29, 1.82) is 0 Å². The van der Waals surface area contributed by atoms with Crippen molar-refractivity contribution < 1.29 is 24.2 Å². The van der Waals surface area contributed by atoms with Crippen LogP contribution in [-0.4, -0.2) is 41.5 Å². The fourth-order valence-electron chi connectivity index (χ4n) is 5.40. The Hall–Kier alpha value is -2.86. The largest absolute Gasteiger partial charge is 0.481 e. The number of rotatable bonds is 5. The lowest BCUT2D eigenvalue weighted by atomic mass is 9.83. The van der Waals surface area contributed by atoms with Crippen LogP contribution < -0.4 is 5.32 Å². The summed E-state index contributed by atoms with van der Waals surface area (Å²) in [4.78, 5) is 24.3. The molecule has 30 heavy (non-hydrogen) atoms. The number of carboxylic acids is 1. The van der Waals surface area contributed by atoms with E-state index in [2.05, 4.69) is 29.6 Å². The number of ether oxygens (including phenoxy) is 2. The highest BCUT2D eigenvalue weighted by atomic mass is 16.6. The Morgan fingerprint density at radius 1 is 1.03 bits per heavy atom. The summed E-state index contributed by atoms with van der Waals surface area (Å²) in [6.45, 7) is 0.206. The third-order valence-electron chi connectivity index (χ3n) is 6.80. The van der Waals surface area contributed by atoms with E-state index in [1.165, 1.54) is 11.1 Å². The van der Waals surface area contributed by atoms with Crippen LogP contribution in [0.25, 0.3) is 11.1 Å². The molecule has 0 saturated carbocycles. The molecule has 0 radical (unpaired) electrons. The molecule has 0 aromatic heterocycles. The van der Waals surface area contributed by atoms with Crippen LogP contribution in [0.15, 0.2) is 48.5 Å². The van der Waals surface area contributed by atoms with Crippen molar-refractivity contribution in [2.45, 2.75) is 55.8 Å². The number of fused-ring (bicyclic) bond motifs is 5. The zero-order valence-corrected chi connectivity index (χ0v) is 16.7. The van der Waals surface area contributed by atoms with Gasteiger partial charge in [-0.25, -0.2) is 4.79 Å². The van der Waals surface area contributed by atoms with Gasteiger partial charge in [0.1, 0.15) is 6.61 Å². The normalized spacial score (nSPS) is 26.7. The molecule has 3 aliphatic rings. The Labute approximate surface area is 175 Å². The topological polar surface area (TPSA) is 84.9 Å². The van der Waals surface area contributed by atoms with Gasteiger partial charge < -0.3 is 19.9 Å². The van der Waals surface area contributed by atoms with Gasteiger partial charge in [0.2, 0.25) is 0 Å². The molecule has 1 aliphatic carbocycles. The summed E-state index contributed by atoms with van der Waals surface area (Å²) in [5.41, 5.74) is 3.73. The molecule has 156 valence electrons. The molecular weight excluding hydrogens is 382 g/mol. The Kier molecular flexibility index (Phi) is 4.74. The predicted molar refractivity (Wildman–Crippen MR) is 110 cm³/mol. The molecule has 2 bridgehead atoms. The highest BCUT2D eigenvalue weighted by molar-refractivity contribution is 5.79. The van der Waals surface area contributed by atoms with E-state index in [9.17, 15) is 14.7 Å². The molecule has 2 heterocycles. The Morgan fingerprint density at radius 3 is 2.37 bits per heavy atom. The zero-order chi connectivity index (χ0) is 20.7. The van der Waals surface area contributed by atoms with Crippen molar-refractivity contribution in [2.75, 3.05) is 6.61 Å². The first-order valence-corrected chi connectivity index (χ1v) is 10.6. The number of benzene rings is 2. The summed E-state index contributed by atoms with van der Waals surface area (Å²) in [6, 6.07) is 16.3. The number of amides is 1. The van der Waals surface area contributed by atoms with Gasteiger partial charge in [-0.1, -0.05) is 48.5 Å². The first-order valence-electron chi connectivity index (χ1n) is 10.6. The van der Waals surface area contributed by atoms with Crippen LogP contribution in [0.1, 0.15) is 49.1 Å². The van der Waals surface area contributed by atoms with Gasteiger partial charge in [-0.05, 0) is 47.9 Å². The number of alkyl carbamates (subject to hydrolysis) is 1. The first kappa shape index (κ1) is 19.1. The minimum Gasteiger partial charge on any atom is -0.481 e. The van der Waals surface area contributed by atoms with E-state index in [0.29, 0.717) is 6.42 Å². The molecule has 2 aromatic carbocycles. The monoisotopic (exact) mass is 407 g/mol. The van der Waals surface area contributed by atoms with Crippen molar-refractivity contribution in [3.8, 4) is 11.1 Å². The lowest BCUT2D eigenvalue weighted by molar-refractivity contribution is -0.143. The summed E-state index contributed by atoms with van der Waals surface area (Å²) in [7, 11) is 0. The van der Waals surface area contributed by atoms with Gasteiger partial charge in [0.15, 0.2) is 0 Å². The van der Waals surface area contributed by atoms with Crippen LogP contribution in [0.4, 0.5) is 4.79 Å². The van der Waals surface area contributed by atoms with Crippen LogP contribution in [0.2, 0.25) is 0 Å². The maximum absolute atomic E-state index is 12.8. The molecule has 2 aromatic rings. The average Bonchev–Trinajstić information content (AvgIpc) is 3.30. The Balaban J connectivity index is 1.32. The van der Waals surface area contributed by atoms with Crippen molar-refractivity contribution in [2.24, 2.45) is 0 Å². The molecule has 3 atom stereocenters. The Morgan fingerprint density at radius 2 is 1.70 bits per heavy atom. The number of hydrogen-bond acceptors (Lipinski definition) is 4. The summed E-state index contributed by atoms with van der Waals surface area (Å²) in [6.07, 6.45) is 2.21. The molecule has 2 fully saturated rings. The number of carbonyl (C=O) groups is 2. The van der Waals surface area contributed by atoms with Gasteiger partial charge in [0.05, 0.1) is 24.2 Å². The zero-order valence-electron chi connectivity index (χ0n) is 16.7. The molecule has 6 nitrogen and oxygen atoms in total. The summed E-state index contributed by atoms with van der Waals surface area (Å²) >= 11 is 0. The fourth-order valence-corrected chi connectivity index (χ4v) is 5.40. The second-order valence-corrected chi connectivity index (χ2v) is 8.54. The fraction of sp³-hybridized carbons (Fsp3) is 0.417. The lowest BCUT2D eigenvalue weighted by Crippen LogP contribution is -2.59. The average molecular weight is 407 g/mol. The molecule has 2 N–H and O–H groups in total. The van der Waals surface area contributed by atoms with Crippen LogP contribution >= 0.6 is 0 Å². The maximum Gasteiger partial charge on any atom is 0.407 e. The third-order valence-corrected chi connectivity index (χ3v) is 6.80. The highest BCUT2D eigenvalue weighted by Gasteiger charge is 2.50. The number of carboxylic acid groups (broad SMARTS) is 1. The molecule has 1 amide bonds. The second-order valence-electron chi connectivity index (χ2n) is 8.54. The van der Waals surface area contributed by atoms with Gasteiger partial charge in [0, 0.05) is 5.92 Å². The van der Waals surface area contributed by atoms with Gasteiger partial charge in [-0.3, -0.25) is 4.79 Å². The predicted octanol–water partition coefficient (Wildman–Crippen LogP) is 4.08.